The third-order valence-electron chi connectivity index (χ3n) is 8.08. The van der Waals surface area contributed by atoms with Gasteiger partial charge in [0.25, 0.3) is 0 Å². The molecule has 11 heteroatoms. The third kappa shape index (κ3) is 4.71. The van der Waals surface area contributed by atoms with Gasteiger partial charge in [-0.3, -0.25) is 14.5 Å². The van der Waals surface area contributed by atoms with Crippen LogP contribution < -0.4 is 10.7 Å². The number of morpholine rings is 1. The van der Waals surface area contributed by atoms with Crippen LogP contribution in [0.4, 0.5) is 5.95 Å². The average Bonchev–Trinajstić information content (AvgIpc) is 3.50. The quantitative estimate of drug-likeness (QED) is 0.381. The summed E-state index contributed by atoms with van der Waals surface area (Å²) in [5.74, 6) is 1.84. The Labute approximate surface area is 225 Å². The number of rotatable bonds is 5. The smallest absolute Gasteiger partial charge is 0.375 e. The minimum absolute atomic E-state index is 0.0815. The van der Waals surface area contributed by atoms with E-state index in [-0.39, 0.29) is 18.0 Å². The summed E-state index contributed by atoms with van der Waals surface area (Å²) in [6, 6.07) is 3.87. The second-order valence-corrected chi connectivity index (χ2v) is 11.2. The monoisotopic (exact) mass is 537 g/mol. The predicted molar refractivity (Wildman–Crippen MR) is 145 cm³/mol. The van der Waals surface area contributed by atoms with Gasteiger partial charge in [-0.05, 0) is 50.7 Å². The molecule has 5 heterocycles. The van der Waals surface area contributed by atoms with E-state index < -0.39 is 5.76 Å². The van der Waals surface area contributed by atoms with Crippen molar-refractivity contribution in [2.45, 2.75) is 65.1 Å². The Kier molecular flexibility index (Phi) is 6.69. The van der Waals surface area contributed by atoms with Crippen molar-refractivity contribution in [3.63, 3.8) is 0 Å². The van der Waals surface area contributed by atoms with Crippen LogP contribution in [-0.4, -0.2) is 55.0 Å². The topological polar surface area (TPSA) is 115 Å². The fraction of sp³-hybridized carbons (Fsp3) is 0.519. The van der Waals surface area contributed by atoms with Gasteiger partial charge < -0.3 is 14.2 Å². The van der Waals surface area contributed by atoms with E-state index in [0.717, 1.165) is 41.6 Å². The molecule has 0 bridgehead atoms. The standard InChI is InChI=1S/C27H32ClN7O3/c1-15-4-6-18(7-5-15)14-35-24-21(31-26(35)34-8-9-37-17(3)16(34)2)11-22(25-32-27(36)38-33-25)30-23(24)19-10-20(28)13-29-12-19/h10-13,15-18H,4-9,14H2,1-3H3,(H,32,33,36)/t15?,16-,17-,18?/m0/s1. The summed E-state index contributed by atoms with van der Waals surface area (Å²) in [5, 5.41) is 4.39. The molecule has 0 spiro atoms. The van der Waals surface area contributed by atoms with Gasteiger partial charge in [0, 0.05) is 31.0 Å². The summed E-state index contributed by atoms with van der Waals surface area (Å²) >= 11 is 6.37. The molecule has 1 N–H and O–H groups in total. The van der Waals surface area contributed by atoms with Crippen LogP contribution in [0.2, 0.25) is 5.02 Å². The lowest BCUT2D eigenvalue weighted by atomic mass is 9.83. The molecular weight excluding hydrogens is 506 g/mol. The summed E-state index contributed by atoms with van der Waals surface area (Å²) in [6.07, 6.45) is 8.29. The molecule has 2 fully saturated rings. The Bertz CT molecular complexity index is 1500. The van der Waals surface area contributed by atoms with Crippen molar-refractivity contribution in [3.8, 4) is 22.8 Å². The molecule has 4 aromatic heterocycles. The maximum absolute atomic E-state index is 11.7. The fourth-order valence-corrected chi connectivity index (χ4v) is 5.90. The van der Waals surface area contributed by atoms with E-state index >= 15 is 0 Å². The van der Waals surface area contributed by atoms with Crippen LogP contribution >= 0.6 is 11.6 Å². The first-order chi connectivity index (χ1) is 18.4. The zero-order valence-electron chi connectivity index (χ0n) is 21.9. The maximum atomic E-state index is 11.7. The number of hydrogen-bond acceptors (Lipinski definition) is 8. The second kappa shape index (κ2) is 10.1. The third-order valence-corrected chi connectivity index (χ3v) is 8.29. The zero-order valence-corrected chi connectivity index (χ0v) is 22.6. The van der Waals surface area contributed by atoms with E-state index in [9.17, 15) is 4.79 Å². The van der Waals surface area contributed by atoms with Gasteiger partial charge in [0.05, 0.1) is 40.5 Å². The van der Waals surface area contributed by atoms with Gasteiger partial charge in [0.1, 0.15) is 5.69 Å². The van der Waals surface area contributed by atoms with Crippen molar-refractivity contribution in [1.29, 1.82) is 0 Å². The number of imidazole rings is 1. The van der Waals surface area contributed by atoms with Gasteiger partial charge in [0.15, 0.2) is 0 Å². The van der Waals surface area contributed by atoms with E-state index in [1.807, 2.05) is 12.1 Å². The first-order valence-electron chi connectivity index (χ1n) is 13.3. The van der Waals surface area contributed by atoms with Crippen LogP contribution in [0.3, 0.4) is 0 Å². The molecule has 38 heavy (non-hydrogen) atoms. The van der Waals surface area contributed by atoms with Crippen molar-refractivity contribution < 1.29 is 9.26 Å². The van der Waals surface area contributed by atoms with Crippen molar-refractivity contribution in [2.24, 2.45) is 11.8 Å². The summed E-state index contributed by atoms with van der Waals surface area (Å²) < 4.78 is 13.0. The highest BCUT2D eigenvalue weighted by Gasteiger charge is 2.32. The maximum Gasteiger partial charge on any atom is 0.439 e. The lowest BCUT2D eigenvalue weighted by molar-refractivity contribution is 0.0274. The number of ether oxygens (including phenoxy) is 1. The van der Waals surface area contributed by atoms with Crippen molar-refractivity contribution in [2.75, 3.05) is 18.1 Å². The van der Waals surface area contributed by atoms with Gasteiger partial charge >= 0.3 is 5.76 Å². The Morgan fingerprint density at radius 1 is 1.11 bits per heavy atom. The van der Waals surface area contributed by atoms with Crippen molar-refractivity contribution in [3.05, 3.63) is 40.1 Å². The molecule has 1 aliphatic heterocycles. The Hall–Kier alpha value is -3.24. The summed E-state index contributed by atoms with van der Waals surface area (Å²) in [6.45, 7) is 8.87. The normalized spacial score (nSPS) is 24.3. The highest BCUT2D eigenvalue weighted by atomic mass is 35.5. The van der Waals surface area contributed by atoms with E-state index in [1.165, 1.54) is 25.7 Å². The SMILES string of the molecule is CC1CCC(Cn2c(N3CCO[C@@H](C)[C@@H]3C)nc3cc(-c4noc(=O)[nH]4)nc(-c4cncc(Cl)c4)c32)CC1. The molecule has 0 aromatic carbocycles. The van der Waals surface area contributed by atoms with Crippen molar-refractivity contribution in [1.82, 2.24) is 29.7 Å². The van der Waals surface area contributed by atoms with Crippen LogP contribution in [0, 0.1) is 11.8 Å². The summed E-state index contributed by atoms with van der Waals surface area (Å²) in [5.41, 5.74) is 3.60. The molecule has 1 saturated heterocycles. The Balaban J connectivity index is 1.58. The van der Waals surface area contributed by atoms with E-state index in [2.05, 4.69) is 45.4 Å². The molecule has 1 saturated carbocycles. The molecule has 0 amide bonds. The van der Waals surface area contributed by atoms with E-state index in [4.69, 9.17) is 30.8 Å². The van der Waals surface area contributed by atoms with Gasteiger partial charge in [-0.25, -0.2) is 14.8 Å². The lowest BCUT2D eigenvalue weighted by Gasteiger charge is -2.39. The number of pyridine rings is 2. The number of fused-ring (bicyclic) bond motifs is 1. The Morgan fingerprint density at radius 3 is 2.66 bits per heavy atom. The lowest BCUT2D eigenvalue weighted by Crippen LogP contribution is -2.49. The number of H-pyrrole nitrogens is 1. The molecule has 200 valence electrons. The molecule has 0 unspecified atom stereocenters. The molecular formula is C27H32ClN7O3. The Morgan fingerprint density at radius 2 is 1.92 bits per heavy atom. The summed E-state index contributed by atoms with van der Waals surface area (Å²) in [7, 11) is 0. The molecule has 6 rings (SSSR count). The van der Waals surface area contributed by atoms with Crippen molar-refractivity contribution >= 4 is 28.6 Å². The van der Waals surface area contributed by atoms with Gasteiger partial charge in [-0.1, -0.05) is 36.5 Å². The first kappa shape index (κ1) is 25.1. The highest BCUT2D eigenvalue weighted by molar-refractivity contribution is 6.30. The predicted octanol–water partition coefficient (Wildman–Crippen LogP) is 4.93. The highest BCUT2D eigenvalue weighted by Crippen LogP contribution is 2.38. The number of nitrogens with zero attached hydrogens (tertiary/aromatic N) is 6. The van der Waals surface area contributed by atoms with Crippen LogP contribution in [0.1, 0.15) is 46.5 Å². The van der Waals surface area contributed by atoms with Gasteiger partial charge in [-0.2, -0.15) is 0 Å². The van der Waals surface area contributed by atoms with Crippen LogP contribution in [-0.2, 0) is 11.3 Å². The number of hydrogen-bond donors (Lipinski definition) is 1. The minimum atomic E-state index is -0.637. The molecule has 0 radical (unpaired) electrons. The number of anilines is 1. The van der Waals surface area contributed by atoms with Gasteiger partial charge in [-0.15, -0.1) is 0 Å². The average molecular weight is 538 g/mol. The molecule has 2 atom stereocenters. The molecule has 4 aromatic rings. The zero-order chi connectivity index (χ0) is 26.4. The van der Waals surface area contributed by atoms with E-state index in [0.29, 0.717) is 28.9 Å². The van der Waals surface area contributed by atoms with Crippen LogP contribution in [0.5, 0.6) is 0 Å². The summed E-state index contributed by atoms with van der Waals surface area (Å²) in [4.78, 5) is 31.2. The van der Waals surface area contributed by atoms with Crippen LogP contribution in [0.15, 0.2) is 33.8 Å². The molecule has 10 nitrogen and oxygen atoms in total. The largest absolute Gasteiger partial charge is 0.439 e. The first-order valence-corrected chi connectivity index (χ1v) is 13.7. The molecule has 1 aliphatic carbocycles. The number of nitrogens with one attached hydrogen (secondary N) is 1. The molecule has 2 aliphatic rings. The van der Waals surface area contributed by atoms with E-state index in [1.54, 1.807) is 12.4 Å². The second-order valence-electron chi connectivity index (χ2n) is 10.7. The van der Waals surface area contributed by atoms with Crippen LogP contribution in [0.25, 0.3) is 33.8 Å². The number of halogens is 1. The number of aromatic nitrogens is 6. The van der Waals surface area contributed by atoms with Gasteiger partial charge in [0.2, 0.25) is 11.8 Å². The fourth-order valence-electron chi connectivity index (χ4n) is 5.73. The minimum Gasteiger partial charge on any atom is -0.375 e. The number of aromatic amines is 1.